The van der Waals surface area contributed by atoms with Crippen molar-refractivity contribution >= 4 is 28.5 Å². The summed E-state index contributed by atoms with van der Waals surface area (Å²) in [5, 5.41) is 4.36. The van der Waals surface area contributed by atoms with Crippen LogP contribution in [0.1, 0.15) is 36.0 Å². The van der Waals surface area contributed by atoms with Gasteiger partial charge in [-0.05, 0) is 31.7 Å². The van der Waals surface area contributed by atoms with Crippen LogP contribution in [0.5, 0.6) is 0 Å². The predicted octanol–water partition coefficient (Wildman–Crippen LogP) is 0.554. The highest BCUT2D eigenvalue weighted by Crippen LogP contribution is 2.38. The number of hydrogen-bond donors (Lipinski definition) is 4. The van der Waals surface area contributed by atoms with Crippen LogP contribution in [-0.4, -0.2) is 51.4 Å². The van der Waals surface area contributed by atoms with E-state index in [4.69, 9.17) is 11.5 Å². The molecule has 0 saturated carbocycles. The summed E-state index contributed by atoms with van der Waals surface area (Å²) in [5.74, 6) is -0.475. The number of anilines is 1. The topological polar surface area (TPSA) is 130 Å². The van der Waals surface area contributed by atoms with Gasteiger partial charge in [-0.15, -0.1) is 0 Å². The van der Waals surface area contributed by atoms with Crippen LogP contribution in [0.4, 0.5) is 5.69 Å². The summed E-state index contributed by atoms with van der Waals surface area (Å²) >= 11 is 0. The quantitative estimate of drug-likeness (QED) is 0.645. The molecule has 0 spiro atoms. The molecular formula is C17H22N6O2. The van der Waals surface area contributed by atoms with E-state index in [1.165, 1.54) is 6.20 Å². The van der Waals surface area contributed by atoms with Gasteiger partial charge in [0.15, 0.2) is 0 Å². The zero-order chi connectivity index (χ0) is 17.6. The second-order valence-corrected chi connectivity index (χ2v) is 6.85. The molecule has 2 fully saturated rings. The molecule has 0 unspecified atom stereocenters. The van der Waals surface area contributed by atoms with Crippen LogP contribution >= 0.6 is 0 Å². The van der Waals surface area contributed by atoms with E-state index < -0.39 is 5.91 Å². The minimum absolute atomic E-state index is 0.0284. The lowest BCUT2D eigenvalue weighted by molar-refractivity contribution is -0.134. The molecule has 2 bridgehead atoms. The van der Waals surface area contributed by atoms with Crippen molar-refractivity contribution in [2.24, 2.45) is 11.5 Å². The van der Waals surface area contributed by atoms with E-state index in [2.05, 4.69) is 15.3 Å². The molecule has 6 N–H and O–H groups in total. The molecule has 2 aromatic rings. The number of fused-ring (bicyclic) bond motifs is 3. The SMILES string of the molecule is NCC(=O)N1[C@@H]2CC[C@H]1C[C@@H](Nc1c(C(N)=O)cnc3[nH]ccc13)C2. The maximum Gasteiger partial charge on any atom is 0.252 e. The standard InChI is InChI=1S/C17H22N6O2/c18-7-14(24)23-10-1-2-11(23)6-9(5-10)22-15-12-3-4-20-17(12)21-8-13(15)16(19)25/h3-4,8-11H,1-2,5-7,18H2,(H2,19,25)(H2,20,21,22)/t9-,10+,11-. The second kappa shape index (κ2) is 6.03. The first-order valence-corrected chi connectivity index (χ1v) is 8.62. The number of carbonyl (C=O) groups excluding carboxylic acids is 2. The number of rotatable bonds is 4. The largest absolute Gasteiger partial charge is 0.381 e. The molecule has 2 aliphatic heterocycles. The molecule has 0 radical (unpaired) electrons. The monoisotopic (exact) mass is 342 g/mol. The lowest BCUT2D eigenvalue weighted by Crippen LogP contribution is -2.51. The van der Waals surface area contributed by atoms with E-state index in [1.807, 2.05) is 11.0 Å². The smallest absolute Gasteiger partial charge is 0.252 e. The Labute approximate surface area is 144 Å². The summed E-state index contributed by atoms with van der Waals surface area (Å²) in [6.45, 7) is 0.0608. The molecule has 8 nitrogen and oxygen atoms in total. The number of aromatic amines is 1. The molecular weight excluding hydrogens is 320 g/mol. The van der Waals surface area contributed by atoms with Crippen molar-refractivity contribution in [2.75, 3.05) is 11.9 Å². The van der Waals surface area contributed by atoms with E-state index in [0.717, 1.165) is 36.8 Å². The van der Waals surface area contributed by atoms with Crippen molar-refractivity contribution in [3.8, 4) is 0 Å². The van der Waals surface area contributed by atoms with Gasteiger partial charge in [0.25, 0.3) is 5.91 Å². The number of H-pyrrole nitrogens is 1. The fraction of sp³-hybridized carbons (Fsp3) is 0.471. The van der Waals surface area contributed by atoms with Gasteiger partial charge in [0.1, 0.15) is 5.65 Å². The third-order valence-electron chi connectivity index (χ3n) is 5.40. The summed E-state index contributed by atoms with van der Waals surface area (Å²) in [6.07, 6.45) is 6.99. The van der Waals surface area contributed by atoms with Gasteiger partial charge in [0.2, 0.25) is 5.91 Å². The number of aromatic nitrogens is 2. The lowest BCUT2D eigenvalue weighted by atomic mass is 9.96. The molecule has 8 heteroatoms. The Morgan fingerprint density at radius 1 is 1.32 bits per heavy atom. The van der Waals surface area contributed by atoms with Gasteiger partial charge in [-0.3, -0.25) is 9.59 Å². The zero-order valence-electron chi connectivity index (χ0n) is 13.9. The van der Waals surface area contributed by atoms with Crippen LogP contribution in [0.15, 0.2) is 18.5 Å². The summed E-state index contributed by atoms with van der Waals surface area (Å²) in [5.41, 5.74) is 12.9. The molecule has 2 aliphatic rings. The van der Waals surface area contributed by atoms with E-state index in [0.29, 0.717) is 11.2 Å². The van der Waals surface area contributed by atoms with Gasteiger partial charge in [0.05, 0.1) is 17.8 Å². The zero-order valence-corrected chi connectivity index (χ0v) is 13.9. The van der Waals surface area contributed by atoms with Gasteiger partial charge < -0.3 is 26.7 Å². The number of carbonyl (C=O) groups is 2. The Morgan fingerprint density at radius 3 is 2.68 bits per heavy atom. The molecule has 0 aliphatic carbocycles. The number of nitrogens with one attached hydrogen (secondary N) is 2. The van der Waals surface area contributed by atoms with Crippen molar-refractivity contribution < 1.29 is 9.59 Å². The number of pyridine rings is 1. The third-order valence-corrected chi connectivity index (χ3v) is 5.40. The van der Waals surface area contributed by atoms with Gasteiger partial charge in [0, 0.05) is 35.9 Å². The number of primary amides is 1. The number of piperidine rings is 1. The highest BCUT2D eigenvalue weighted by atomic mass is 16.2. The van der Waals surface area contributed by atoms with Gasteiger partial charge in [-0.2, -0.15) is 0 Å². The van der Waals surface area contributed by atoms with Crippen LogP contribution in [0.2, 0.25) is 0 Å². The van der Waals surface area contributed by atoms with Crippen LogP contribution in [0, 0.1) is 0 Å². The first kappa shape index (κ1) is 15.9. The first-order chi connectivity index (χ1) is 12.1. The second-order valence-electron chi connectivity index (χ2n) is 6.85. The number of nitrogens with two attached hydrogens (primary N) is 2. The summed E-state index contributed by atoms with van der Waals surface area (Å²) < 4.78 is 0. The van der Waals surface area contributed by atoms with E-state index in [1.54, 1.807) is 6.20 Å². The highest BCUT2D eigenvalue weighted by Gasteiger charge is 2.42. The minimum Gasteiger partial charge on any atom is -0.381 e. The summed E-state index contributed by atoms with van der Waals surface area (Å²) in [4.78, 5) is 33.2. The number of nitrogens with zero attached hydrogens (tertiary/aromatic N) is 2. The third kappa shape index (κ3) is 2.62. The van der Waals surface area contributed by atoms with E-state index in [-0.39, 0.29) is 30.6 Å². The van der Waals surface area contributed by atoms with Crippen LogP contribution in [-0.2, 0) is 4.79 Å². The molecule has 2 saturated heterocycles. The molecule has 4 rings (SSSR count). The Kier molecular flexibility index (Phi) is 3.84. The average molecular weight is 342 g/mol. The number of amides is 2. The summed E-state index contributed by atoms with van der Waals surface area (Å²) in [7, 11) is 0. The van der Waals surface area contributed by atoms with Gasteiger partial charge in [-0.25, -0.2) is 4.98 Å². The summed E-state index contributed by atoms with van der Waals surface area (Å²) in [6, 6.07) is 2.50. The minimum atomic E-state index is -0.503. The molecule has 2 aromatic heterocycles. The highest BCUT2D eigenvalue weighted by molar-refractivity contribution is 6.06. The van der Waals surface area contributed by atoms with E-state index in [9.17, 15) is 9.59 Å². The predicted molar refractivity (Wildman–Crippen MR) is 94.0 cm³/mol. The van der Waals surface area contributed by atoms with Crippen molar-refractivity contribution in [1.82, 2.24) is 14.9 Å². The van der Waals surface area contributed by atoms with E-state index >= 15 is 0 Å². The molecule has 25 heavy (non-hydrogen) atoms. The molecule has 2 amide bonds. The molecule has 132 valence electrons. The Morgan fingerprint density at radius 2 is 2.04 bits per heavy atom. The Balaban J connectivity index is 1.61. The normalized spacial score (nSPS) is 25.3. The van der Waals surface area contributed by atoms with Crippen molar-refractivity contribution in [1.29, 1.82) is 0 Å². The number of hydrogen-bond acceptors (Lipinski definition) is 5. The molecule has 4 heterocycles. The molecule has 3 atom stereocenters. The maximum absolute atomic E-state index is 12.1. The van der Waals surface area contributed by atoms with Gasteiger partial charge >= 0.3 is 0 Å². The fourth-order valence-corrected chi connectivity index (χ4v) is 4.36. The average Bonchev–Trinajstić information content (AvgIpc) is 3.17. The van der Waals surface area contributed by atoms with Crippen LogP contribution in [0.25, 0.3) is 11.0 Å². The lowest BCUT2D eigenvalue weighted by Gasteiger charge is -2.39. The van der Waals surface area contributed by atoms with Crippen molar-refractivity contribution in [2.45, 2.75) is 43.8 Å². The van der Waals surface area contributed by atoms with Crippen molar-refractivity contribution in [3.63, 3.8) is 0 Å². The maximum atomic E-state index is 12.1. The molecule has 0 aromatic carbocycles. The first-order valence-electron chi connectivity index (χ1n) is 8.62. The van der Waals surface area contributed by atoms with Crippen molar-refractivity contribution in [3.05, 3.63) is 24.0 Å². The van der Waals surface area contributed by atoms with Crippen LogP contribution < -0.4 is 16.8 Å². The van der Waals surface area contributed by atoms with Crippen LogP contribution in [0.3, 0.4) is 0 Å². The fourth-order valence-electron chi connectivity index (χ4n) is 4.36. The Bertz CT molecular complexity index is 818. The van der Waals surface area contributed by atoms with Gasteiger partial charge in [-0.1, -0.05) is 0 Å². The Hall–Kier alpha value is -2.61.